The molecule has 0 spiro atoms. The number of nitrogens with zero attached hydrogens (tertiary/aromatic N) is 2. The molecule has 158 valence electrons. The van der Waals surface area contributed by atoms with Gasteiger partial charge in [0.15, 0.2) is 0 Å². The predicted molar refractivity (Wildman–Crippen MR) is 120 cm³/mol. The largest absolute Gasteiger partial charge is 0.468 e. The number of ether oxygens (including phenoxy) is 1. The quantitative estimate of drug-likeness (QED) is 0.364. The highest BCUT2D eigenvalue weighted by Gasteiger charge is 2.35. The number of carbonyl (C=O) groups excluding carboxylic acids is 3. The summed E-state index contributed by atoms with van der Waals surface area (Å²) in [6.45, 7) is -0.123. The third-order valence-corrected chi connectivity index (χ3v) is 6.25. The maximum absolute atomic E-state index is 14.0. The van der Waals surface area contributed by atoms with Crippen molar-refractivity contribution in [3.63, 3.8) is 0 Å². The fourth-order valence-corrected chi connectivity index (χ4v) is 4.51. The molecule has 1 aliphatic heterocycles. The molecule has 0 N–H and O–H groups in total. The van der Waals surface area contributed by atoms with Crippen LogP contribution in [0, 0.1) is 5.82 Å². The Morgan fingerprint density at radius 3 is 2.74 bits per heavy atom. The molecule has 0 bridgehead atoms. The number of imide groups is 1. The molecule has 0 atom stereocenters. The van der Waals surface area contributed by atoms with E-state index >= 15 is 0 Å². The molecule has 9 heteroatoms. The van der Waals surface area contributed by atoms with E-state index in [0.717, 1.165) is 32.0 Å². The molecular formula is C22H16BrFN2O4S. The number of thioether (sulfide) groups is 1. The monoisotopic (exact) mass is 502 g/mol. The highest BCUT2D eigenvalue weighted by atomic mass is 79.9. The summed E-state index contributed by atoms with van der Waals surface area (Å²) in [7, 11) is 1.32. The van der Waals surface area contributed by atoms with Crippen LogP contribution in [-0.2, 0) is 27.4 Å². The van der Waals surface area contributed by atoms with Crippen LogP contribution >= 0.6 is 27.7 Å². The van der Waals surface area contributed by atoms with Crippen molar-refractivity contribution in [2.45, 2.75) is 13.1 Å². The van der Waals surface area contributed by atoms with E-state index in [0.29, 0.717) is 5.56 Å². The summed E-state index contributed by atoms with van der Waals surface area (Å²) < 4.78 is 21.3. The molecule has 3 aromatic rings. The van der Waals surface area contributed by atoms with Crippen LogP contribution in [0.15, 0.2) is 58.0 Å². The van der Waals surface area contributed by atoms with E-state index in [-0.39, 0.29) is 23.6 Å². The van der Waals surface area contributed by atoms with Crippen LogP contribution in [0.1, 0.15) is 11.1 Å². The van der Waals surface area contributed by atoms with Crippen molar-refractivity contribution in [1.82, 2.24) is 9.47 Å². The highest BCUT2D eigenvalue weighted by Crippen LogP contribution is 2.35. The SMILES string of the molecule is COC(=O)Cn1cc(/C=C2\SC(=O)N(Cc3ccccc3F)C2=O)c2cc(Br)ccc21. The van der Waals surface area contributed by atoms with Gasteiger partial charge in [0.25, 0.3) is 11.1 Å². The Morgan fingerprint density at radius 2 is 2.00 bits per heavy atom. The Hall–Kier alpha value is -2.91. The van der Waals surface area contributed by atoms with Gasteiger partial charge in [-0.05, 0) is 42.1 Å². The molecule has 4 rings (SSSR count). The molecule has 6 nitrogen and oxygen atoms in total. The first kappa shape index (κ1) is 21.3. The Balaban J connectivity index is 1.69. The lowest BCUT2D eigenvalue weighted by molar-refractivity contribution is -0.141. The van der Waals surface area contributed by atoms with Gasteiger partial charge in [0, 0.05) is 32.7 Å². The lowest BCUT2D eigenvalue weighted by atomic mass is 10.1. The number of fused-ring (bicyclic) bond motifs is 1. The van der Waals surface area contributed by atoms with Gasteiger partial charge in [0.2, 0.25) is 0 Å². The van der Waals surface area contributed by atoms with Crippen LogP contribution in [0.4, 0.5) is 9.18 Å². The van der Waals surface area contributed by atoms with Crippen LogP contribution in [0.5, 0.6) is 0 Å². The summed E-state index contributed by atoms with van der Waals surface area (Å²) >= 11 is 4.24. The molecule has 1 saturated heterocycles. The number of halogens is 2. The maximum atomic E-state index is 14.0. The predicted octanol–water partition coefficient (Wildman–Crippen LogP) is 4.95. The van der Waals surface area contributed by atoms with Gasteiger partial charge in [0.1, 0.15) is 12.4 Å². The van der Waals surface area contributed by atoms with Gasteiger partial charge in [-0.2, -0.15) is 0 Å². The fourth-order valence-electron chi connectivity index (χ4n) is 3.32. The number of carbonyl (C=O) groups is 3. The summed E-state index contributed by atoms with van der Waals surface area (Å²) in [5.74, 6) is -1.36. The summed E-state index contributed by atoms with van der Waals surface area (Å²) in [5, 5.41) is 0.346. The van der Waals surface area contributed by atoms with E-state index in [1.807, 2.05) is 18.2 Å². The average molecular weight is 503 g/mol. The second-order valence-electron chi connectivity index (χ2n) is 6.81. The number of hydrogen-bond donors (Lipinski definition) is 0. The lowest BCUT2D eigenvalue weighted by Gasteiger charge is -2.12. The first-order valence-electron chi connectivity index (χ1n) is 9.21. The normalized spacial score (nSPS) is 15.3. The van der Waals surface area contributed by atoms with Crippen molar-refractivity contribution >= 4 is 61.8 Å². The van der Waals surface area contributed by atoms with E-state index in [2.05, 4.69) is 15.9 Å². The van der Waals surface area contributed by atoms with E-state index in [1.165, 1.54) is 13.2 Å². The first-order valence-corrected chi connectivity index (χ1v) is 10.8. The number of aromatic nitrogens is 1. The average Bonchev–Trinajstić information content (AvgIpc) is 3.20. The van der Waals surface area contributed by atoms with Gasteiger partial charge in [-0.1, -0.05) is 34.1 Å². The Labute approximate surface area is 189 Å². The van der Waals surface area contributed by atoms with E-state index in [4.69, 9.17) is 4.74 Å². The minimum Gasteiger partial charge on any atom is -0.468 e. The van der Waals surface area contributed by atoms with Crippen molar-refractivity contribution in [1.29, 1.82) is 0 Å². The van der Waals surface area contributed by atoms with Crippen molar-refractivity contribution in [2.75, 3.05) is 7.11 Å². The summed E-state index contributed by atoms with van der Waals surface area (Å²) in [6.07, 6.45) is 3.35. The van der Waals surface area contributed by atoms with Crippen molar-refractivity contribution in [3.05, 3.63) is 75.0 Å². The summed E-state index contributed by atoms with van der Waals surface area (Å²) in [4.78, 5) is 38.4. The van der Waals surface area contributed by atoms with Gasteiger partial charge in [-0.25, -0.2) is 4.39 Å². The maximum Gasteiger partial charge on any atom is 0.325 e. The zero-order chi connectivity index (χ0) is 22.1. The third kappa shape index (κ3) is 4.28. The molecule has 1 fully saturated rings. The Morgan fingerprint density at radius 1 is 1.23 bits per heavy atom. The molecule has 1 aromatic heterocycles. The van der Waals surface area contributed by atoms with E-state index < -0.39 is 22.9 Å². The van der Waals surface area contributed by atoms with Gasteiger partial charge in [0.05, 0.1) is 18.6 Å². The number of hydrogen-bond acceptors (Lipinski definition) is 5. The molecule has 31 heavy (non-hydrogen) atoms. The van der Waals surface area contributed by atoms with Gasteiger partial charge >= 0.3 is 5.97 Å². The van der Waals surface area contributed by atoms with Crippen LogP contribution in [0.2, 0.25) is 0 Å². The van der Waals surface area contributed by atoms with Crippen LogP contribution < -0.4 is 0 Å². The second-order valence-corrected chi connectivity index (χ2v) is 8.72. The third-order valence-electron chi connectivity index (χ3n) is 4.85. The molecule has 0 aliphatic carbocycles. The molecule has 0 radical (unpaired) electrons. The smallest absolute Gasteiger partial charge is 0.325 e. The highest BCUT2D eigenvalue weighted by molar-refractivity contribution is 9.10. The van der Waals surface area contributed by atoms with E-state index in [1.54, 1.807) is 35.0 Å². The molecule has 2 aromatic carbocycles. The number of rotatable bonds is 5. The Bertz CT molecular complexity index is 1250. The minimum atomic E-state index is -0.484. The van der Waals surface area contributed by atoms with Crippen LogP contribution in [0.25, 0.3) is 17.0 Å². The lowest BCUT2D eigenvalue weighted by Crippen LogP contribution is -2.27. The van der Waals surface area contributed by atoms with Crippen LogP contribution in [-0.4, -0.2) is 33.7 Å². The molecule has 2 heterocycles. The molecule has 0 unspecified atom stereocenters. The zero-order valence-electron chi connectivity index (χ0n) is 16.3. The fraction of sp³-hybridized carbons (Fsp3) is 0.136. The molecule has 0 saturated carbocycles. The van der Waals surface area contributed by atoms with Gasteiger partial charge < -0.3 is 9.30 Å². The van der Waals surface area contributed by atoms with E-state index in [9.17, 15) is 18.8 Å². The van der Waals surface area contributed by atoms with Gasteiger partial charge in [-0.3, -0.25) is 19.3 Å². The standard InChI is InChI=1S/C22H16BrFN2O4S/c1-30-20(27)12-25-10-14(16-9-15(23)6-7-18(16)25)8-19-21(28)26(22(29)31-19)11-13-4-2-3-5-17(13)24/h2-10H,11-12H2,1H3/b19-8-. The topological polar surface area (TPSA) is 68.6 Å². The second kappa shape index (κ2) is 8.68. The minimum absolute atomic E-state index is 0.0111. The molecule has 2 amide bonds. The number of esters is 1. The first-order chi connectivity index (χ1) is 14.9. The van der Waals surface area contributed by atoms with Crippen molar-refractivity contribution in [2.24, 2.45) is 0 Å². The van der Waals surface area contributed by atoms with Gasteiger partial charge in [-0.15, -0.1) is 0 Å². The summed E-state index contributed by atoms with van der Waals surface area (Å²) in [5.41, 5.74) is 1.73. The van der Waals surface area contributed by atoms with Crippen molar-refractivity contribution < 1.29 is 23.5 Å². The van der Waals surface area contributed by atoms with Crippen molar-refractivity contribution in [3.8, 4) is 0 Å². The molecular weight excluding hydrogens is 487 g/mol. The summed E-state index contributed by atoms with van der Waals surface area (Å²) in [6, 6.07) is 11.6. The Kier molecular flexibility index (Phi) is 5.97. The number of amides is 2. The number of methoxy groups -OCH3 is 1. The van der Waals surface area contributed by atoms with Crippen LogP contribution in [0.3, 0.4) is 0 Å². The number of benzene rings is 2. The molecule has 1 aliphatic rings. The zero-order valence-corrected chi connectivity index (χ0v) is 18.7.